The molecule has 0 aliphatic heterocycles. The zero-order valence-electron chi connectivity index (χ0n) is 9.52. The molecule has 106 valence electrons. The largest absolute Gasteiger partial charge is 0.417 e. The maximum Gasteiger partial charge on any atom is 0.417 e. The van der Waals surface area contributed by atoms with Gasteiger partial charge in [0.2, 0.25) is 0 Å². The molecule has 0 radical (unpaired) electrons. The maximum absolute atomic E-state index is 12.9. The van der Waals surface area contributed by atoms with Crippen LogP contribution in [0.1, 0.15) is 35.6 Å². The van der Waals surface area contributed by atoms with Crippen molar-refractivity contribution in [2.24, 2.45) is 5.92 Å². The molecule has 1 unspecified atom stereocenters. The monoisotopic (exact) mass is 284 g/mol. The Kier molecular flexibility index (Phi) is 3.28. The van der Waals surface area contributed by atoms with Crippen molar-refractivity contribution in [2.75, 3.05) is 0 Å². The Balaban J connectivity index is 2.60. The lowest BCUT2D eigenvalue weighted by Gasteiger charge is -2.21. The number of aliphatic hydroxyl groups is 1. The second-order valence-electron chi connectivity index (χ2n) is 4.55. The van der Waals surface area contributed by atoms with Crippen LogP contribution in [-0.4, -0.2) is 5.11 Å². The summed E-state index contributed by atoms with van der Waals surface area (Å²) in [6, 6.07) is 2.17. The summed E-state index contributed by atoms with van der Waals surface area (Å²) < 4.78 is 76.6. The van der Waals surface area contributed by atoms with Crippen LogP contribution in [0.25, 0.3) is 0 Å². The first-order valence-electron chi connectivity index (χ1n) is 5.57. The Hall–Kier alpha value is -1.24. The molecule has 0 saturated heterocycles. The molecule has 0 heterocycles. The van der Waals surface area contributed by atoms with E-state index in [9.17, 15) is 31.4 Å². The lowest BCUT2D eigenvalue weighted by atomic mass is 9.94. The fourth-order valence-corrected chi connectivity index (χ4v) is 2.04. The first-order chi connectivity index (χ1) is 8.62. The summed E-state index contributed by atoms with van der Waals surface area (Å²) in [6.07, 6.45) is -10.7. The molecule has 1 aliphatic carbocycles. The van der Waals surface area contributed by atoms with Crippen molar-refractivity contribution in [1.29, 1.82) is 0 Å². The van der Waals surface area contributed by atoms with Crippen LogP contribution in [0, 0.1) is 5.92 Å². The smallest absolute Gasteiger partial charge is 0.388 e. The van der Waals surface area contributed by atoms with E-state index in [-0.39, 0.29) is 5.92 Å². The second-order valence-corrected chi connectivity index (χ2v) is 4.55. The lowest BCUT2D eigenvalue weighted by molar-refractivity contribution is -0.163. The van der Waals surface area contributed by atoms with Crippen molar-refractivity contribution >= 4 is 0 Å². The average molecular weight is 284 g/mol. The van der Waals surface area contributed by atoms with Crippen molar-refractivity contribution in [3.63, 3.8) is 0 Å². The van der Waals surface area contributed by atoms with E-state index in [4.69, 9.17) is 0 Å². The van der Waals surface area contributed by atoms with Gasteiger partial charge >= 0.3 is 12.4 Å². The molecule has 1 aromatic carbocycles. The van der Waals surface area contributed by atoms with Gasteiger partial charge in [-0.1, -0.05) is 12.1 Å². The average Bonchev–Trinajstić information content (AvgIpc) is 3.08. The van der Waals surface area contributed by atoms with Gasteiger partial charge in [-0.05, 0) is 30.4 Å². The lowest BCUT2D eigenvalue weighted by Crippen LogP contribution is -2.20. The molecule has 2 rings (SSSR count). The molecule has 0 bridgehead atoms. The van der Waals surface area contributed by atoms with Crippen molar-refractivity contribution in [1.82, 2.24) is 0 Å². The summed E-state index contributed by atoms with van der Waals surface area (Å²) >= 11 is 0. The van der Waals surface area contributed by atoms with Crippen LogP contribution in [0.5, 0.6) is 0 Å². The van der Waals surface area contributed by atoms with Crippen LogP contribution in [0.3, 0.4) is 0 Å². The van der Waals surface area contributed by atoms with Crippen LogP contribution in [0.15, 0.2) is 18.2 Å². The van der Waals surface area contributed by atoms with Crippen LogP contribution in [0.4, 0.5) is 26.3 Å². The highest BCUT2D eigenvalue weighted by Gasteiger charge is 2.46. The van der Waals surface area contributed by atoms with E-state index >= 15 is 0 Å². The van der Waals surface area contributed by atoms with Crippen molar-refractivity contribution in [2.45, 2.75) is 31.3 Å². The van der Waals surface area contributed by atoms with Crippen LogP contribution in [0.2, 0.25) is 0 Å². The quantitative estimate of drug-likeness (QED) is 0.808. The van der Waals surface area contributed by atoms with E-state index < -0.39 is 35.1 Å². The molecular weight excluding hydrogens is 274 g/mol. The summed E-state index contributed by atoms with van der Waals surface area (Å²) in [5.74, 6) is -0.385. The van der Waals surface area contributed by atoms with Gasteiger partial charge in [-0.25, -0.2) is 0 Å². The molecule has 1 nitrogen and oxygen atoms in total. The van der Waals surface area contributed by atoms with Crippen molar-refractivity contribution in [3.8, 4) is 0 Å². The molecule has 19 heavy (non-hydrogen) atoms. The second kappa shape index (κ2) is 4.40. The molecule has 1 fully saturated rings. The molecule has 1 N–H and O–H groups in total. The van der Waals surface area contributed by atoms with Gasteiger partial charge in [0.05, 0.1) is 17.2 Å². The Bertz CT molecular complexity index is 472. The van der Waals surface area contributed by atoms with Crippen molar-refractivity contribution < 1.29 is 31.4 Å². The highest BCUT2D eigenvalue weighted by atomic mass is 19.4. The number of halogens is 6. The van der Waals surface area contributed by atoms with E-state index in [2.05, 4.69) is 0 Å². The molecule has 1 atom stereocenters. The predicted molar refractivity (Wildman–Crippen MR) is 54.1 cm³/mol. The zero-order chi connectivity index (χ0) is 14.4. The molecule has 1 saturated carbocycles. The Morgan fingerprint density at radius 1 is 1.00 bits per heavy atom. The number of hydrogen-bond acceptors (Lipinski definition) is 1. The predicted octanol–water partition coefficient (Wildman–Crippen LogP) is 4.17. The third-order valence-electron chi connectivity index (χ3n) is 3.07. The minimum Gasteiger partial charge on any atom is -0.388 e. The standard InChI is InChI=1S/C12H10F6O/c13-11(14,15)8-3-1-2-7(9(8)12(16,17)18)10(19)6-4-5-6/h1-3,6,10,19H,4-5H2. The highest BCUT2D eigenvalue weighted by Crippen LogP contribution is 2.48. The minimum absolute atomic E-state index is 0.381. The molecule has 0 amide bonds. The first kappa shape index (κ1) is 14.2. The molecule has 1 aromatic rings. The van der Waals surface area contributed by atoms with Crippen LogP contribution < -0.4 is 0 Å². The normalized spacial score (nSPS) is 18.5. The fourth-order valence-electron chi connectivity index (χ4n) is 2.04. The summed E-state index contributed by atoms with van der Waals surface area (Å²) in [5.41, 5.74) is -4.22. The summed E-state index contributed by atoms with van der Waals surface area (Å²) in [7, 11) is 0. The first-order valence-corrected chi connectivity index (χ1v) is 5.57. The van der Waals surface area contributed by atoms with Gasteiger partial charge in [0.25, 0.3) is 0 Å². The van der Waals surface area contributed by atoms with E-state index in [1.54, 1.807) is 0 Å². The van der Waals surface area contributed by atoms with Gasteiger partial charge in [0.15, 0.2) is 0 Å². The molecule has 0 spiro atoms. The third-order valence-corrected chi connectivity index (χ3v) is 3.07. The van der Waals surface area contributed by atoms with E-state index in [0.29, 0.717) is 18.9 Å². The van der Waals surface area contributed by atoms with Gasteiger partial charge in [0.1, 0.15) is 0 Å². The van der Waals surface area contributed by atoms with Gasteiger partial charge in [0, 0.05) is 0 Å². The SMILES string of the molecule is OC(c1cccc(C(F)(F)F)c1C(F)(F)F)C1CC1. The number of hydrogen-bond donors (Lipinski definition) is 1. The van der Waals surface area contributed by atoms with Gasteiger partial charge in [-0.2, -0.15) is 26.3 Å². The van der Waals surface area contributed by atoms with Gasteiger partial charge < -0.3 is 5.11 Å². The number of alkyl halides is 6. The minimum atomic E-state index is -5.16. The Morgan fingerprint density at radius 3 is 2.00 bits per heavy atom. The number of benzene rings is 1. The molecule has 0 aromatic heterocycles. The number of aliphatic hydroxyl groups excluding tert-OH is 1. The zero-order valence-corrected chi connectivity index (χ0v) is 9.52. The van der Waals surface area contributed by atoms with E-state index in [1.807, 2.05) is 0 Å². The fraction of sp³-hybridized carbons (Fsp3) is 0.500. The maximum atomic E-state index is 12.9. The van der Waals surface area contributed by atoms with Gasteiger partial charge in [-0.3, -0.25) is 0 Å². The topological polar surface area (TPSA) is 20.2 Å². The molecule has 7 heteroatoms. The Morgan fingerprint density at radius 2 is 1.58 bits per heavy atom. The molecular formula is C12H10F6O. The van der Waals surface area contributed by atoms with Crippen molar-refractivity contribution in [3.05, 3.63) is 34.9 Å². The summed E-state index contributed by atoms with van der Waals surface area (Å²) in [6.45, 7) is 0. The van der Waals surface area contributed by atoms with Gasteiger partial charge in [-0.15, -0.1) is 0 Å². The van der Waals surface area contributed by atoms with Crippen LogP contribution >= 0.6 is 0 Å². The Labute approximate surface area is 104 Å². The summed E-state index contributed by atoms with van der Waals surface area (Å²) in [5, 5.41) is 9.73. The summed E-state index contributed by atoms with van der Waals surface area (Å²) in [4.78, 5) is 0. The number of rotatable bonds is 2. The van der Waals surface area contributed by atoms with E-state index in [0.717, 1.165) is 12.1 Å². The van der Waals surface area contributed by atoms with Crippen LogP contribution in [-0.2, 0) is 12.4 Å². The molecule has 1 aliphatic rings. The van der Waals surface area contributed by atoms with E-state index in [1.165, 1.54) is 0 Å². The third kappa shape index (κ3) is 2.86. The highest BCUT2D eigenvalue weighted by molar-refractivity contribution is 5.41.